The molecular formula is C17H15FN2O4. The van der Waals surface area contributed by atoms with Crippen molar-refractivity contribution >= 4 is 17.0 Å². The van der Waals surface area contributed by atoms with Gasteiger partial charge in [-0.1, -0.05) is 30.3 Å². The van der Waals surface area contributed by atoms with Gasteiger partial charge in [0, 0.05) is 12.1 Å². The number of nitrogens with zero attached hydrogens (tertiary/aromatic N) is 1. The summed E-state index contributed by atoms with van der Waals surface area (Å²) in [6, 6.07) is 12.5. The Morgan fingerprint density at radius 2 is 1.92 bits per heavy atom. The van der Waals surface area contributed by atoms with E-state index >= 15 is 0 Å². The summed E-state index contributed by atoms with van der Waals surface area (Å²) < 4.78 is 19.8. The number of aliphatic hydroxyl groups excluding tert-OH is 1. The van der Waals surface area contributed by atoms with E-state index in [2.05, 4.69) is 5.32 Å². The number of rotatable bonds is 5. The van der Waals surface area contributed by atoms with Crippen LogP contribution in [0.5, 0.6) is 0 Å². The van der Waals surface area contributed by atoms with Gasteiger partial charge in [0.05, 0.1) is 11.6 Å². The maximum Gasteiger partial charge on any atom is 0.420 e. The van der Waals surface area contributed by atoms with Crippen LogP contribution in [0.2, 0.25) is 0 Å². The molecule has 6 nitrogen and oxygen atoms in total. The predicted molar refractivity (Wildman–Crippen MR) is 84.8 cm³/mol. The van der Waals surface area contributed by atoms with Crippen LogP contribution in [-0.4, -0.2) is 22.1 Å². The van der Waals surface area contributed by atoms with Crippen LogP contribution < -0.4 is 11.1 Å². The van der Waals surface area contributed by atoms with Gasteiger partial charge in [-0.25, -0.2) is 9.18 Å². The van der Waals surface area contributed by atoms with Crippen molar-refractivity contribution in [2.24, 2.45) is 0 Å². The number of carbonyl (C=O) groups is 1. The summed E-state index contributed by atoms with van der Waals surface area (Å²) in [4.78, 5) is 23.8. The Balaban J connectivity index is 1.66. The lowest BCUT2D eigenvalue weighted by Gasteiger charge is -2.13. The lowest BCUT2D eigenvalue weighted by atomic mass is 10.1. The highest BCUT2D eigenvalue weighted by molar-refractivity contribution is 5.79. The number of amides is 1. The van der Waals surface area contributed by atoms with Crippen LogP contribution in [0.1, 0.15) is 11.7 Å². The second kappa shape index (κ2) is 6.67. The van der Waals surface area contributed by atoms with E-state index < -0.39 is 23.6 Å². The zero-order valence-electron chi connectivity index (χ0n) is 12.6. The lowest BCUT2D eigenvalue weighted by Crippen LogP contribution is -2.33. The van der Waals surface area contributed by atoms with Crippen LogP contribution >= 0.6 is 0 Å². The van der Waals surface area contributed by atoms with Crippen LogP contribution in [0, 0.1) is 5.82 Å². The summed E-state index contributed by atoms with van der Waals surface area (Å²) in [7, 11) is 0. The molecule has 24 heavy (non-hydrogen) atoms. The van der Waals surface area contributed by atoms with Gasteiger partial charge in [-0.2, -0.15) is 0 Å². The normalized spacial score (nSPS) is 12.2. The monoisotopic (exact) mass is 330 g/mol. The second-order valence-corrected chi connectivity index (χ2v) is 5.26. The van der Waals surface area contributed by atoms with Crippen molar-refractivity contribution < 1.29 is 18.7 Å². The number of aromatic nitrogens is 1. The summed E-state index contributed by atoms with van der Waals surface area (Å²) in [6.07, 6.45) is -1.17. The van der Waals surface area contributed by atoms with Crippen molar-refractivity contribution in [2.75, 3.05) is 6.54 Å². The van der Waals surface area contributed by atoms with Crippen molar-refractivity contribution in [1.29, 1.82) is 0 Å². The number of hydrogen-bond donors (Lipinski definition) is 2. The van der Waals surface area contributed by atoms with Gasteiger partial charge in [0.2, 0.25) is 5.91 Å². The number of para-hydroxylation sites is 2. The molecule has 1 atom stereocenters. The number of halogens is 1. The van der Waals surface area contributed by atoms with Gasteiger partial charge in [-0.05, 0) is 18.2 Å². The summed E-state index contributed by atoms with van der Waals surface area (Å²) in [5.74, 6) is -1.67. The molecule has 0 saturated heterocycles. The fourth-order valence-corrected chi connectivity index (χ4v) is 2.43. The number of fused-ring (bicyclic) bond motifs is 1. The van der Waals surface area contributed by atoms with Gasteiger partial charge < -0.3 is 14.8 Å². The molecule has 0 bridgehead atoms. The molecule has 7 heteroatoms. The highest BCUT2D eigenvalue weighted by Crippen LogP contribution is 2.15. The van der Waals surface area contributed by atoms with Crippen molar-refractivity contribution in [3.05, 3.63) is 70.5 Å². The van der Waals surface area contributed by atoms with E-state index in [0.717, 1.165) is 0 Å². The molecule has 2 N–H and O–H groups in total. The number of benzene rings is 2. The number of carbonyl (C=O) groups excluding carboxylic acids is 1. The molecule has 3 aromatic rings. The first-order valence-corrected chi connectivity index (χ1v) is 7.34. The average Bonchev–Trinajstić information content (AvgIpc) is 2.89. The van der Waals surface area contributed by atoms with Gasteiger partial charge in [0.25, 0.3) is 0 Å². The van der Waals surface area contributed by atoms with Gasteiger partial charge in [0.15, 0.2) is 5.58 Å². The van der Waals surface area contributed by atoms with Gasteiger partial charge in [-0.3, -0.25) is 9.36 Å². The third-order valence-electron chi connectivity index (χ3n) is 3.63. The van der Waals surface area contributed by atoms with Crippen molar-refractivity contribution in [3.8, 4) is 0 Å². The second-order valence-electron chi connectivity index (χ2n) is 5.26. The summed E-state index contributed by atoms with van der Waals surface area (Å²) in [5, 5.41) is 12.4. The first-order chi connectivity index (χ1) is 11.6. The van der Waals surface area contributed by atoms with Crippen LogP contribution in [0.4, 0.5) is 4.39 Å². The first-order valence-electron chi connectivity index (χ1n) is 7.34. The molecule has 2 aromatic carbocycles. The molecule has 0 saturated carbocycles. The molecule has 1 aromatic heterocycles. The Bertz CT molecular complexity index is 931. The number of nitrogens with one attached hydrogen (secondary N) is 1. The van der Waals surface area contributed by atoms with E-state index in [9.17, 15) is 19.1 Å². The van der Waals surface area contributed by atoms with Crippen LogP contribution in [0.3, 0.4) is 0 Å². The quantitative estimate of drug-likeness (QED) is 0.744. The van der Waals surface area contributed by atoms with E-state index in [4.69, 9.17) is 4.42 Å². The standard InChI is InChI=1S/C17H15FN2O4/c18-12-6-2-1-5-11(12)14(21)9-19-16(22)10-20-13-7-3-4-8-15(13)24-17(20)23/h1-8,14,21H,9-10H2,(H,19,22). The molecule has 0 spiro atoms. The maximum atomic E-state index is 13.6. The molecule has 1 heterocycles. The van der Waals surface area contributed by atoms with Crippen molar-refractivity contribution in [3.63, 3.8) is 0 Å². The molecule has 3 rings (SSSR count). The number of aliphatic hydroxyl groups is 1. The minimum absolute atomic E-state index is 0.101. The SMILES string of the molecule is O=C(Cn1c(=O)oc2ccccc21)NCC(O)c1ccccc1F. The topological polar surface area (TPSA) is 84.5 Å². The van der Waals surface area contributed by atoms with E-state index in [0.29, 0.717) is 11.1 Å². The van der Waals surface area contributed by atoms with E-state index in [-0.39, 0.29) is 18.7 Å². The predicted octanol–water partition coefficient (Wildman–Crippen LogP) is 1.58. The minimum atomic E-state index is -1.17. The molecule has 0 radical (unpaired) electrons. The summed E-state index contributed by atoms with van der Waals surface area (Å²) in [6.45, 7) is -0.413. The molecule has 124 valence electrons. The zero-order valence-corrected chi connectivity index (χ0v) is 12.6. The molecule has 0 fully saturated rings. The van der Waals surface area contributed by atoms with Crippen LogP contribution in [0.25, 0.3) is 11.1 Å². The third kappa shape index (κ3) is 3.21. The first kappa shape index (κ1) is 15.9. The van der Waals surface area contributed by atoms with Crippen LogP contribution in [0.15, 0.2) is 57.7 Å². The maximum absolute atomic E-state index is 13.6. The van der Waals surface area contributed by atoms with Gasteiger partial charge in [0.1, 0.15) is 12.4 Å². The molecule has 0 aliphatic carbocycles. The van der Waals surface area contributed by atoms with Crippen molar-refractivity contribution in [1.82, 2.24) is 9.88 Å². The van der Waals surface area contributed by atoms with E-state index in [1.165, 1.54) is 22.8 Å². The minimum Gasteiger partial charge on any atom is -0.408 e. The van der Waals surface area contributed by atoms with E-state index in [1.54, 1.807) is 30.3 Å². The average molecular weight is 330 g/mol. The Hall–Kier alpha value is -2.93. The Morgan fingerprint density at radius 1 is 1.21 bits per heavy atom. The Labute approximate surface area is 136 Å². The summed E-state index contributed by atoms with van der Waals surface area (Å²) in [5.41, 5.74) is 0.998. The molecule has 0 aliphatic rings. The highest BCUT2D eigenvalue weighted by atomic mass is 19.1. The molecule has 1 amide bonds. The summed E-state index contributed by atoms with van der Waals surface area (Å²) >= 11 is 0. The highest BCUT2D eigenvalue weighted by Gasteiger charge is 2.15. The number of oxazole rings is 1. The molecule has 0 aliphatic heterocycles. The Kier molecular flexibility index (Phi) is 4.43. The van der Waals surface area contributed by atoms with Crippen LogP contribution in [-0.2, 0) is 11.3 Å². The fourth-order valence-electron chi connectivity index (χ4n) is 2.43. The lowest BCUT2D eigenvalue weighted by molar-refractivity contribution is -0.122. The van der Waals surface area contributed by atoms with E-state index in [1.807, 2.05) is 0 Å². The number of hydrogen-bond acceptors (Lipinski definition) is 4. The third-order valence-corrected chi connectivity index (χ3v) is 3.63. The van der Waals surface area contributed by atoms with Gasteiger partial charge in [-0.15, -0.1) is 0 Å². The molecular weight excluding hydrogens is 315 g/mol. The fraction of sp³-hybridized carbons (Fsp3) is 0.176. The van der Waals surface area contributed by atoms with Crippen molar-refractivity contribution in [2.45, 2.75) is 12.6 Å². The Morgan fingerprint density at radius 3 is 2.71 bits per heavy atom. The zero-order chi connectivity index (χ0) is 17.1. The van der Waals surface area contributed by atoms with Gasteiger partial charge >= 0.3 is 5.76 Å². The molecule has 1 unspecified atom stereocenters. The largest absolute Gasteiger partial charge is 0.420 e. The smallest absolute Gasteiger partial charge is 0.408 e.